The Bertz CT molecular complexity index is 917. The summed E-state index contributed by atoms with van der Waals surface area (Å²) in [4.78, 5) is 14.8. The Morgan fingerprint density at radius 3 is 2.64 bits per heavy atom. The van der Waals surface area contributed by atoms with Crippen LogP contribution in [0.2, 0.25) is 0 Å². The second-order valence-corrected chi connectivity index (χ2v) is 9.15. The summed E-state index contributed by atoms with van der Waals surface area (Å²) >= 11 is 0. The number of aromatic nitrogens is 2. The first kappa shape index (κ1) is 20.5. The van der Waals surface area contributed by atoms with Crippen LogP contribution in [0, 0.1) is 0 Å². The molecule has 0 saturated carbocycles. The van der Waals surface area contributed by atoms with E-state index in [0.717, 1.165) is 25.8 Å². The molecule has 28 heavy (non-hydrogen) atoms. The van der Waals surface area contributed by atoms with E-state index >= 15 is 0 Å². The molecule has 2 heterocycles. The van der Waals surface area contributed by atoms with Gasteiger partial charge in [0.05, 0.1) is 11.4 Å². The minimum absolute atomic E-state index is 0.151. The number of hydrogen-bond acceptors (Lipinski definition) is 5. The van der Waals surface area contributed by atoms with Gasteiger partial charge >= 0.3 is 0 Å². The molecular formula is C19H27N5O3S. The molecule has 0 aliphatic carbocycles. The lowest BCUT2D eigenvalue weighted by atomic mass is 10.2. The summed E-state index contributed by atoms with van der Waals surface area (Å²) < 4.78 is 28.9. The van der Waals surface area contributed by atoms with Crippen LogP contribution in [0.4, 0.5) is 5.82 Å². The predicted molar refractivity (Wildman–Crippen MR) is 108 cm³/mol. The van der Waals surface area contributed by atoms with E-state index in [-0.39, 0.29) is 10.8 Å². The third-order valence-electron chi connectivity index (χ3n) is 4.71. The van der Waals surface area contributed by atoms with Crippen LogP contribution in [0.15, 0.2) is 41.4 Å². The van der Waals surface area contributed by atoms with Crippen molar-refractivity contribution in [1.29, 1.82) is 0 Å². The number of piperidine rings is 1. The van der Waals surface area contributed by atoms with Gasteiger partial charge in [0.1, 0.15) is 0 Å². The smallest absolute Gasteiger partial charge is 0.256 e. The summed E-state index contributed by atoms with van der Waals surface area (Å²) in [6.45, 7) is 2.62. The molecule has 1 aromatic carbocycles. The number of nitrogens with zero attached hydrogens (tertiary/aromatic N) is 4. The van der Waals surface area contributed by atoms with E-state index in [4.69, 9.17) is 0 Å². The molecule has 1 N–H and O–H groups in total. The van der Waals surface area contributed by atoms with Gasteiger partial charge in [-0.15, -0.1) is 0 Å². The lowest BCUT2D eigenvalue weighted by Gasteiger charge is -2.26. The topological polar surface area (TPSA) is 87.5 Å². The van der Waals surface area contributed by atoms with Gasteiger partial charge in [0, 0.05) is 37.5 Å². The van der Waals surface area contributed by atoms with E-state index in [1.807, 2.05) is 19.0 Å². The summed E-state index contributed by atoms with van der Waals surface area (Å²) in [7, 11) is 0.393. The van der Waals surface area contributed by atoms with Crippen molar-refractivity contribution in [3.05, 3.63) is 42.1 Å². The Hall–Kier alpha value is -2.23. The number of rotatable bonds is 7. The zero-order valence-corrected chi connectivity index (χ0v) is 17.2. The van der Waals surface area contributed by atoms with Crippen LogP contribution in [0.1, 0.15) is 29.6 Å². The first-order valence-corrected chi connectivity index (χ1v) is 10.9. The maximum atomic E-state index is 12.8. The van der Waals surface area contributed by atoms with Gasteiger partial charge in [-0.25, -0.2) is 8.42 Å². The summed E-state index contributed by atoms with van der Waals surface area (Å²) in [5.74, 6) is 0.0570. The Morgan fingerprint density at radius 2 is 1.93 bits per heavy atom. The van der Waals surface area contributed by atoms with Gasteiger partial charge in [-0.05, 0) is 45.1 Å². The third-order valence-corrected chi connectivity index (χ3v) is 6.60. The fourth-order valence-corrected chi connectivity index (χ4v) is 4.66. The molecule has 0 atom stereocenters. The third kappa shape index (κ3) is 4.98. The molecule has 2 aromatic rings. The van der Waals surface area contributed by atoms with E-state index in [9.17, 15) is 13.2 Å². The van der Waals surface area contributed by atoms with Crippen LogP contribution in [0.5, 0.6) is 0 Å². The number of likely N-dealkylation sites (N-methyl/N-ethyl adjacent to an activating group) is 1. The number of sulfonamides is 1. The zero-order chi connectivity index (χ0) is 20.1. The van der Waals surface area contributed by atoms with Crippen LogP contribution in [0.3, 0.4) is 0 Å². The highest BCUT2D eigenvalue weighted by atomic mass is 32.2. The number of nitrogens with one attached hydrogen (secondary N) is 1. The average Bonchev–Trinajstić information content (AvgIpc) is 3.14. The number of hydrogen-bond donors (Lipinski definition) is 1. The minimum Gasteiger partial charge on any atom is -0.308 e. The normalized spacial score (nSPS) is 15.7. The second-order valence-electron chi connectivity index (χ2n) is 7.21. The van der Waals surface area contributed by atoms with Crippen molar-refractivity contribution < 1.29 is 13.2 Å². The van der Waals surface area contributed by atoms with E-state index < -0.39 is 10.0 Å². The van der Waals surface area contributed by atoms with Crippen molar-refractivity contribution >= 4 is 21.7 Å². The molecule has 1 aliphatic rings. The monoisotopic (exact) mass is 405 g/mol. The van der Waals surface area contributed by atoms with Gasteiger partial charge in [-0.3, -0.25) is 9.48 Å². The molecule has 152 valence electrons. The maximum absolute atomic E-state index is 12.8. The molecule has 1 amide bonds. The van der Waals surface area contributed by atoms with Crippen LogP contribution < -0.4 is 5.32 Å². The summed E-state index contributed by atoms with van der Waals surface area (Å²) in [6.07, 6.45) is 4.60. The molecule has 1 fully saturated rings. The van der Waals surface area contributed by atoms with Crippen molar-refractivity contribution in [3.8, 4) is 0 Å². The van der Waals surface area contributed by atoms with Gasteiger partial charge in [-0.1, -0.05) is 12.5 Å². The summed E-state index contributed by atoms with van der Waals surface area (Å²) in [5, 5.41) is 7.06. The van der Waals surface area contributed by atoms with Crippen molar-refractivity contribution in [2.45, 2.75) is 30.7 Å². The molecule has 1 aromatic heterocycles. The highest BCUT2D eigenvalue weighted by Gasteiger charge is 2.26. The average molecular weight is 406 g/mol. The number of benzene rings is 1. The lowest BCUT2D eigenvalue weighted by Crippen LogP contribution is -2.35. The highest BCUT2D eigenvalue weighted by molar-refractivity contribution is 7.89. The second kappa shape index (κ2) is 8.85. The highest BCUT2D eigenvalue weighted by Crippen LogP contribution is 2.21. The molecule has 9 heteroatoms. The van der Waals surface area contributed by atoms with Crippen molar-refractivity contribution in [2.75, 3.05) is 39.0 Å². The van der Waals surface area contributed by atoms with Crippen LogP contribution in [0.25, 0.3) is 0 Å². The summed E-state index contributed by atoms with van der Waals surface area (Å²) in [5.41, 5.74) is 0.293. The SMILES string of the molecule is CN(C)CCn1ccc(NC(=O)c2cccc(S(=O)(=O)N3CCCCC3)c2)n1. The summed E-state index contributed by atoms with van der Waals surface area (Å²) in [6, 6.07) is 7.90. The fourth-order valence-electron chi connectivity index (χ4n) is 3.10. The zero-order valence-electron chi connectivity index (χ0n) is 16.3. The number of anilines is 1. The first-order chi connectivity index (χ1) is 13.4. The fraction of sp³-hybridized carbons (Fsp3) is 0.474. The number of amides is 1. The molecule has 1 saturated heterocycles. The Balaban J connectivity index is 1.70. The van der Waals surface area contributed by atoms with E-state index in [1.54, 1.807) is 29.1 Å². The standard InChI is InChI=1S/C19H27N5O3S/c1-22(2)13-14-23-12-9-18(21-23)20-19(25)16-7-6-8-17(15-16)28(26,27)24-10-4-3-5-11-24/h6-9,12,15H,3-5,10-11,13-14H2,1-2H3,(H,20,21,25). The molecular weight excluding hydrogens is 378 g/mol. The Labute approximate surface area is 166 Å². The molecule has 8 nitrogen and oxygen atoms in total. The van der Waals surface area contributed by atoms with E-state index in [2.05, 4.69) is 10.4 Å². The minimum atomic E-state index is -3.57. The van der Waals surface area contributed by atoms with Gasteiger partial charge in [0.15, 0.2) is 5.82 Å². The van der Waals surface area contributed by atoms with Crippen molar-refractivity contribution in [3.63, 3.8) is 0 Å². The Morgan fingerprint density at radius 1 is 1.18 bits per heavy atom. The Kier molecular flexibility index (Phi) is 6.48. The molecule has 0 spiro atoms. The molecule has 1 aliphatic heterocycles. The van der Waals surface area contributed by atoms with Crippen molar-refractivity contribution in [1.82, 2.24) is 19.0 Å². The quantitative estimate of drug-likeness (QED) is 0.760. The van der Waals surface area contributed by atoms with Gasteiger partial charge in [0.2, 0.25) is 10.0 Å². The largest absolute Gasteiger partial charge is 0.308 e. The van der Waals surface area contributed by atoms with Crippen molar-refractivity contribution in [2.24, 2.45) is 0 Å². The predicted octanol–water partition coefficient (Wildman–Crippen LogP) is 1.87. The van der Waals surface area contributed by atoms with E-state index in [0.29, 0.717) is 31.0 Å². The van der Waals surface area contributed by atoms with Crippen LogP contribution in [-0.2, 0) is 16.6 Å². The molecule has 3 rings (SSSR count). The van der Waals surface area contributed by atoms with Crippen LogP contribution >= 0.6 is 0 Å². The van der Waals surface area contributed by atoms with Crippen LogP contribution in [-0.4, -0.2) is 67.0 Å². The maximum Gasteiger partial charge on any atom is 0.256 e. The lowest BCUT2D eigenvalue weighted by molar-refractivity contribution is 0.102. The van der Waals surface area contributed by atoms with E-state index in [1.165, 1.54) is 16.4 Å². The molecule has 0 bridgehead atoms. The molecule has 0 unspecified atom stereocenters. The number of carbonyl (C=O) groups is 1. The first-order valence-electron chi connectivity index (χ1n) is 9.46. The van der Waals surface area contributed by atoms with Gasteiger partial charge in [-0.2, -0.15) is 9.40 Å². The molecule has 0 radical (unpaired) electrons. The number of carbonyl (C=O) groups excluding carboxylic acids is 1. The van der Waals surface area contributed by atoms with Gasteiger partial charge in [0.25, 0.3) is 5.91 Å². The van der Waals surface area contributed by atoms with Gasteiger partial charge < -0.3 is 10.2 Å².